The van der Waals surface area contributed by atoms with Crippen LogP contribution in [-0.2, 0) is 4.74 Å². The zero-order chi connectivity index (χ0) is 9.80. The van der Waals surface area contributed by atoms with E-state index in [0.717, 1.165) is 19.4 Å². The second kappa shape index (κ2) is 4.28. The zero-order valence-corrected chi connectivity index (χ0v) is 7.98. The first-order valence-electron chi connectivity index (χ1n) is 4.80. The van der Waals surface area contributed by atoms with Crippen LogP contribution in [0.2, 0.25) is 0 Å². The molecule has 0 aliphatic carbocycles. The number of pyridine rings is 1. The lowest BCUT2D eigenvalue weighted by Crippen LogP contribution is -2.16. The Hall–Kier alpha value is -1.29. The fourth-order valence-corrected chi connectivity index (χ4v) is 1.47. The summed E-state index contributed by atoms with van der Waals surface area (Å²) in [5, 5.41) is 0. The van der Waals surface area contributed by atoms with E-state index in [-0.39, 0.29) is 6.10 Å². The van der Waals surface area contributed by atoms with E-state index in [0.29, 0.717) is 18.0 Å². The third kappa shape index (κ3) is 2.14. The quantitative estimate of drug-likeness (QED) is 0.786. The Kier molecular flexibility index (Phi) is 2.84. The fraction of sp³-hybridized carbons (Fsp3) is 0.500. The summed E-state index contributed by atoms with van der Waals surface area (Å²) in [6.45, 7) is 1.41. The van der Waals surface area contributed by atoms with Gasteiger partial charge in [0.1, 0.15) is 6.61 Å². The number of hydrogen-bond acceptors (Lipinski definition) is 4. The summed E-state index contributed by atoms with van der Waals surface area (Å²) in [6, 6.07) is 1.73. The lowest BCUT2D eigenvalue weighted by molar-refractivity contribution is 0.0681. The molecule has 0 spiro atoms. The molecule has 0 amide bonds. The van der Waals surface area contributed by atoms with Crippen LogP contribution in [0.5, 0.6) is 5.75 Å². The predicted molar refractivity (Wildman–Crippen MR) is 53.1 cm³/mol. The standard InChI is InChI=1S/C10H14N2O2/c11-9-3-4-12-6-10(9)14-7-8-2-1-5-13-8/h3-4,6,8H,1-2,5,7H2,(H2,11,12). The number of nitrogens with zero attached hydrogens (tertiary/aromatic N) is 1. The summed E-state index contributed by atoms with van der Waals surface area (Å²) >= 11 is 0. The van der Waals surface area contributed by atoms with Gasteiger partial charge in [-0.05, 0) is 18.9 Å². The molecule has 0 radical (unpaired) electrons. The lowest BCUT2D eigenvalue weighted by Gasteiger charge is -2.12. The van der Waals surface area contributed by atoms with E-state index in [1.807, 2.05) is 0 Å². The molecular weight excluding hydrogens is 180 g/mol. The number of aromatic nitrogens is 1. The van der Waals surface area contributed by atoms with Gasteiger partial charge in [0.25, 0.3) is 0 Å². The number of rotatable bonds is 3. The average Bonchev–Trinajstić information content (AvgIpc) is 2.69. The van der Waals surface area contributed by atoms with Gasteiger partial charge in [0.15, 0.2) is 5.75 Å². The van der Waals surface area contributed by atoms with Crippen molar-refractivity contribution in [2.75, 3.05) is 18.9 Å². The molecule has 1 saturated heterocycles. The highest BCUT2D eigenvalue weighted by molar-refractivity contribution is 5.49. The van der Waals surface area contributed by atoms with Gasteiger partial charge in [-0.25, -0.2) is 0 Å². The summed E-state index contributed by atoms with van der Waals surface area (Å²) in [6.07, 6.45) is 5.68. The van der Waals surface area contributed by atoms with Crippen molar-refractivity contribution in [1.82, 2.24) is 4.98 Å². The Bertz CT molecular complexity index is 298. The molecular formula is C10H14N2O2. The molecule has 76 valence electrons. The number of anilines is 1. The number of nitrogens with two attached hydrogens (primary N) is 1. The van der Waals surface area contributed by atoms with Crippen molar-refractivity contribution in [3.63, 3.8) is 0 Å². The molecule has 1 aromatic heterocycles. The normalized spacial score (nSPS) is 21.0. The Balaban J connectivity index is 1.88. The molecule has 0 aromatic carbocycles. The monoisotopic (exact) mass is 194 g/mol. The van der Waals surface area contributed by atoms with Gasteiger partial charge in [-0.1, -0.05) is 0 Å². The molecule has 0 saturated carbocycles. The molecule has 1 atom stereocenters. The van der Waals surface area contributed by atoms with E-state index in [1.165, 1.54) is 0 Å². The molecule has 4 nitrogen and oxygen atoms in total. The smallest absolute Gasteiger partial charge is 0.160 e. The number of ether oxygens (including phenoxy) is 2. The first-order chi connectivity index (χ1) is 6.86. The van der Waals surface area contributed by atoms with Crippen LogP contribution in [-0.4, -0.2) is 24.3 Å². The van der Waals surface area contributed by atoms with Crippen LogP contribution in [0.15, 0.2) is 18.5 Å². The zero-order valence-electron chi connectivity index (χ0n) is 7.98. The third-order valence-electron chi connectivity index (χ3n) is 2.27. The second-order valence-electron chi connectivity index (χ2n) is 3.36. The molecule has 1 fully saturated rings. The van der Waals surface area contributed by atoms with Gasteiger partial charge in [-0.3, -0.25) is 4.98 Å². The van der Waals surface area contributed by atoms with Gasteiger partial charge >= 0.3 is 0 Å². The van der Waals surface area contributed by atoms with Crippen molar-refractivity contribution in [2.45, 2.75) is 18.9 Å². The summed E-state index contributed by atoms with van der Waals surface area (Å²) < 4.78 is 10.9. The SMILES string of the molecule is Nc1ccncc1OCC1CCCO1. The fourth-order valence-electron chi connectivity index (χ4n) is 1.47. The average molecular weight is 194 g/mol. The maximum atomic E-state index is 5.70. The van der Waals surface area contributed by atoms with Gasteiger partial charge in [0.05, 0.1) is 18.0 Å². The van der Waals surface area contributed by atoms with Crippen molar-refractivity contribution < 1.29 is 9.47 Å². The van der Waals surface area contributed by atoms with E-state index in [4.69, 9.17) is 15.2 Å². The van der Waals surface area contributed by atoms with Crippen LogP contribution in [0.4, 0.5) is 5.69 Å². The Labute approximate surface area is 83.0 Å². The summed E-state index contributed by atoms with van der Waals surface area (Å²) in [5.74, 6) is 0.642. The molecule has 14 heavy (non-hydrogen) atoms. The third-order valence-corrected chi connectivity index (χ3v) is 2.27. The van der Waals surface area contributed by atoms with Crippen LogP contribution in [0, 0.1) is 0 Å². The summed E-state index contributed by atoms with van der Waals surface area (Å²) in [5.41, 5.74) is 6.32. The van der Waals surface area contributed by atoms with E-state index < -0.39 is 0 Å². The van der Waals surface area contributed by atoms with Gasteiger partial charge in [0.2, 0.25) is 0 Å². The van der Waals surface area contributed by atoms with Crippen molar-refractivity contribution in [3.8, 4) is 5.75 Å². The molecule has 1 aliphatic rings. The molecule has 2 N–H and O–H groups in total. The van der Waals surface area contributed by atoms with E-state index in [1.54, 1.807) is 18.5 Å². The van der Waals surface area contributed by atoms with Crippen molar-refractivity contribution in [1.29, 1.82) is 0 Å². The minimum absolute atomic E-state index is 0.217. The highest BCUT2D eigenvalue weighted by atomic mass is 16.5. The van der Waals surface area contributed by atoms with E-state index >= 15 is 0 Å². The maximum absolute atomic E-state index is 5.70. The topological polar surface area (TPSA) is 57.4 Å². The molecule has 4 heteroatoms. The highest BCUT2D eigenvalue weighted by Crippen LogP contribution is 2.20. The molecule has 0 bridgehead atoms. The van der Waals surface area contributed by atoms with Gasteiger partial charge in [-0.2, -0.15) is 0 Å². The van der Waals surface area contributed by atoms with Gasteiger partial charge in [-0.15, -0.1) is 0 Å². The minimum atomic E-state index is 0.217. The minimum Gasteiger partial charge on any atom is -0.487 e. The maximum Gasteiger partial charge on any atom is 0.160 e. The van der Waals surface area contributed by atoms with Crippen LogP contribution < -0.4 is 10.5 Å². The van der Waals surface area contributed by atoms with Crippen molar-refractivity contribution in [3.05, 3.63) is 18.5 Å². The van der Waals surface area contributed by atoms with Gasteiger partial charge in [0, 0.05) is 12.8 Å². The summed E-state index contributed by atoms with van der Waals surface area (Å²) in [7, 11) is 0. The Morgan fingerprint density at radius 3 is 3.29 bits per heavy atom. The lowest BCUT2D eigenvalue weighted by atomic mass is 10.2. The first-order valence-corrected chi connectivity index (χ1v) is 4.80. The summed E-state index contributed by atoms with van der Waals surface area (Å²) in [4.78, 5) is 3.94. The van der Waals surface area contributed by atoms with Crippen LogP contribution >= 0.6 is 0 Å². The van der Waals surface area contributed by atoms with E-state index in [2.05, 4.69) is 4.98 Å². The Morgan fingerprint density at radius 2 is 2.57 bits per heavy atom. The highest BCUT2D eigenvalue weighted by Gasteiger charge is 2.16. The molecule has 2 heterocycles. The molecule has 1 aliphatic heterocycles. The predicted octanol–water partition coefficient (Wildman–Crippen LogP) is 1.22. The van der Waals surface area contributed by atoms with Crippen molar-refractivity contribution >= 4 is 5.69 Å². The number of nitrogen functional groups attached to an aromatic ring is 1. The largest absolute Gasteiger partial charge is 0.487 e. The second-order valence-corrected chi connectivity index (χ2v) is 3.36. The molecule has 2 rings (SSSR count). The Morgan fingerprint density at radius 1 is 1.64 bits per heavy atom. The van der Waals surface area contributed by atoms with Crippen LogP contribution in [0.3, 0.4) is 0 Å². The van der Waals surface area contributed by atoms with Crippen molar-refractivity contribution in [2.24, 2.45) is 0 Å². The van der Waals surface area contributed by atoms with Crippen LogP contribution in [0.1, 0.15) is 12.8 Å². The van der Waals surface area contributed by atoms with E-state index in [9.17, 15) is 0 Å². The first kappa shape index (κ1) is 9.27. The molecule has 1 aromatic rings. The molecule has 1 unspecified atom stereocenters. The number of hydrogen-bond donors (Lipinski definition) is 1. The van der Waals surface area contributed by atoms with Crippen LogP contribution in [0.25, 0.3) is 0 Å². The van der Waals surface area contributed by atoms with Gasteiger partial charge < -0.3 is 15.2 Å².